The molecule has 2 unspecified atom stereocenters. The number of rotatable bonds is 58. The van der Waals surface area contributed by atoms with Gasteiger partial charge < -0.3 is 33.3 Å². The minimum atomic E-state index is -1.64. The van der Waals surface area contributed by atoms with Gasteiger partial charge in [0.25, 0.3) is 0 Å². The van der Waals surface area contributed by atoms with Crippen LogP contribution in [0.1, 0.15) is 219 Å². The Morgan fingerprint density at radius 2 is 0.635 bits per heavy atom. The van der Waals surface area contributed by atoms with Crippen LogP contribution in [0.3, 0.4) is 0 Å². The minimum Gasteiger partial charge on any atom is -0.545 e. The van der Waals surface area contributed by atoms with Crippen LogP contribution in [0.25, 0.3) is 0 Å². The summed E-state index contributed by atoms with van der Waals surface area (Å²) in [7, 11) is 5.90. The van der Waals surface area contributed by atoms with Gasteiger partial charge in [-0.2, -0.15) is 0 Å². The van der Waals surface area contributed by atoms with E-state index in [1.54, 1.807) is 0 Å². The molecule has 2 atom stereocenters. The molecule has 476 valence electrons. The Balaban J connectivity index is 4.31. The standard InChI is InChI=1S/C76H119NO8/c1-6-8-10-12-14-16-18-20-22-24-26-28-30-32-34-36-37-39-41-43-45-47-49-51-53-55-57-59-61-63-65-67-74(79)85-72(71-84-76(75(80)81)82-69-68-77(3,4)5)70-83-73(78)66-64-62-60-58-56-54-52-50-48-46-44-42-40-38-35-33-31-29-27-25-23-21-19-17-15-13-11-9-7-2/h8-11,14-17,20-23,26-29,32-35,37,39-40,42-43,45-46,48-49,51,72,76H,6-7,12-13,18-19,24-25,30-31,36,38,41,44,47,50,52-71H2,1-5H3/b10-8-,11-9-,16-14-,17-15-,22-20-,23-21-,28-26-,29-27-,34-32-,35-33-,39-37-,42-40-,45-43-,48-46-,51-49-. The van der Waals surface area contributed by atoms with Gasteiger partial charge in [0.1, 0.15) is 13.2 Å². The molecular formula is C76H119NO8. The Morgan fingerprint density at radius 3 is 0.941 bits per heavy atom. The number of carboxylic acid groups (broad SMARTS) is 1. The van der Waals surface area contributed by atoms with Crippen molar-refractivity contribution in [3.05, 3.63) is 182 Å². The smallest absolute Gasteiger partial charge is 0.306 e. The van der Waals surface area contributed by atoms with Gasteiger partial charge in [-0.1, -0.05) is 254 Å². The number of hydrogen-bond acceptors (Lipinski definition) is 8. The summed E-state index contributed by atoms with van der Waals surface area (Å²) in [5.74, 6) is -2.34. The van der Waals surface area contributed by atoms with E-state index in [2.05, 4.69) is 196 Å². The zero-order valence-electron chi connectivity index (χ0n) is 54.1. The lowest BCUT2D eigenvalue weighted by Gasteiger charge is -2.26. The average Bonchev–Trinajstić information content (AvgIpc) is 3.49. The summed E-state index contributed by atoms with van der Waals surface area (Å²) in [4.78, 5) is 37.5. The van der Waals surface area contributed by atoms with E-state index >= 15 is 0 Å². The summed E-state index contributed by atoms with van der Waals surface area (Å²) in [5, 5.41) is 11.8. The van der Waals surface area contributed by atoms with Gasteiger partial charge in [0.15, 0.2) is 12.4 Å². The van der Waals surface area contributed by atoms with Gasteiger partial charge in [0, 0.05) is 12.8 Å². The predicted octanol–water partition coefficient (Wildman–Crippen LogP) is 19.1. The Bertz CT molecular complexity index is 2050. The van der Waals surface area contributed by atoms with Gasteiger partial charge in [-0.05, 0) is 135 Å². The fourth-order valence-corrected chi connectivity index (χ4v) is 8.18. The topological polar surface area (TPSA) is 111 Å². The van der Waals surface area contributed by atoms with Gasteiger partial charge in [0.05, 0.1) is 40.3 Å². The molecule has 0 aliphatic heterocycles. The lowest BCUT2D eigenvalue weighted by Crippen LogP contribution is -2.44. The van der Waals surface area contributed by atoms with E-state index in [-0.39, 0.29) is 38.6 Å². The molecule has 0 saturated heterocycles. The van der Waals surface area contributed by atoms with Crippen LogP contribution in [0, 0.1) is 0 Å². The molecule has 0 rings (SSSR count). The van der Waals surface area contributed by atoms with Crippen molar-refractivity contribution >= 4 is 17.9 Å². The molecule has 0 fully saturated rings. The fraction of sp³-hybridized carbons (Fsp3) is 0.566. The third-order valence-corrected chi connectivity index (χ3v) is 13.1. The van der Waals surface area contributed by atoms with Crippen molar-refractivity contribution in [2.45, 2.75) is 232 Å². The number of esters is 2. The molecule has 85 heavy (non-hydrogen) atoms. The van der Waals surface area contributed by atoms with Crippen molar-refractivity contribution in [3.63, 3.8) is 0 Å². The number of nitrogens with zero attached hydrogens (tertiary/aromatic N) is 1. The normalized spacial score (nSPS) is 13.9. The quantitative estimate of drug-likeness (QED) is 0.0195. The maximum atomic E-state index is 12.9. The number of carbonyl (C=O) groups excluding carboxylic acids is 3. The van der Waals surface area contributed by atoms with E-state index in [9.17, 15) is 19.5 Å². The van der Waals surface area contributed by atoms with Gasteiger partial charge in [0.2, 0.25) is 0 Å². The number of ether oxygens (including phenoxy) is 4. The molecule has 0 spiro atoms. The summed E-state index contributed by atoms with van der Waals surface area (Å²) < 4.78 is 22.7. The van der Waals surface area contributed by atoms with Crippen molar-refractivity contribution < 1.29 is 42.9 Å². The maximum Gasteiger partial charge on any atom is 0.306 e. The van der Waals surface area contributed by atoms with E-state index < -0.39 is 24.3 Å². The molecule has 9 heteroatoms. The Kier molecular flexibility index (Phi) is 60.1. The average molecular weight is 1170 g/mol. The molecule has 0 aromatic rings. The number of hydrogen-bond donors (Lipinski definition) is 0. The van der Waals surface area contributed by atoms with Crippen molar-refractivity contribution in [1.82, 2.24) is 0 Å². The number of carboxylic acids is 1. The SMILES string of the molecule is CC/C=C\C/C=C\C/C=C\C/C=C\C/C=C\C/C=C\C/C=C\C/C=C\CCCCCCCCC(=O)OC(COC(=O)CCCCCCCCC/C=C\C/C=C\C/C=C\C/C=C\C/C=C\C/C=C\C/C=C\CC)COC(OCC[N+](C)(C)C)C(=O)[O-]. The molecule has 0 amide bonds. The second-order valence-electron chi connectivity index (χ2n) is 22.3. The molecule has 0 aliphatic carbocycles. The van der Waals surface area contributed by atoms with Crippen molar-refractivity contribution in [1.29, 1.82) is 0 Å². The zero-order chi connectivity index (χ0) is 61.9. The first-order valence-electron chi connectivity index (χ1n) is 32.9. The third-order valence-electron chi connectivity index (χ3n) is 13.1. The molecule has 0 aromatic carbocycles. The summed E-state index contributed by atoms with van der Waals surface area (Å²) in [6.45, 7) is 4.46. The van der Waals surface area contributed by atoms with Crippen LogP contribution in [0.15, 0.2) is 182 Å². The number of carbonyl (C=O) groups is 3. The summed E-state index contributed by atoms with van der Waals surface area (Å²) in [6.07, 6.45) is 95.2. The third kappa shape index (κ3) is 65.8. The highest BCUT2D eigenvalue weighted by Gasteiger charge is 2.22. The van der Waals surface area contributed by atoms with E-state index in [1.165, 1.54) is 19.3 Å². The second kappa shape index (κ2) is 64.4. The molecule has 0 aliphatic rings. The monoisotopic (exact) mass is 1170 g/mol. The van der Waals surface area contributed by atoms with Crippen LogP contribution in [0.2, 0.25) is 0 Å². The number of aliphatic carboxylic acids is 1. The van der Waals surface area contributed by atoms with Gasteiger partial charge >= 0.3 is 11.9 Å². The van der Waals surface area contributed by atoms with E-state index in [1.807, 2.05) is 21.1 Å². The summed E-state index contributed by atoms with van der Waals surface area (Å²) in [5.41, 5.74) is 0. The molecule has 0 N–H and O–H groups in total. The Labute approximate surface area is 519 Å². The first kappa shape index (κ1) is 79.4. The van der Waals surface area contributed by atoms with Crippen LogP contribution in [-0.4, -0.2) is 82.3 Å². The largest absolute Gasteiger partial charge is 0.545 e. The summed E-state index contributed by atoms with van der Waals surface area (Å²) in [6, 6.07) is 0. The van der Waals surface area contributed by atoms with Crippen LogP contribution < -0.4 is 5.11 Å². The molecule has 9 nitrogen and oxygen atoms in total. The fourth-order valence-electron chi connectivity index (χ4n) is 8.18. The van der Waals surface area contributed by atoms with Crippen molar-refractivity contribution in [3.8, 4) is 0 Å². The van der Waals surface area contributed by atoms with E-state index in [0.717, 1.165) is 161 Å². The molecule has 0 saturated carbocycles. The Morgan fingerprint density at radius 1 is 0.353 bits per heavy atom. The van der Waals surface area contributed by atoms with Gasteiger partial charge in [-0.3, -0.25) is 9.59 Å². The first-order chi connectivity index (χ1) is 41.6. The first-order valence-corrected chi connectivity index (χ1v) is 32.9. The highest BCUT2D eigenvalue weighted by atomic mass is 16.7. The van der Waals surface area contributed by atoms with Crippen molar-refractivity contribution in [2.75, 3.05) is 47.5 Å². The maximum absolute atomic E-state index is 12.9. The van der Waals surface area contributed by atoms with E-state index in [4.69, 9.17) is 18.9 Å². The lowest BCUT2D eigenvalue weighted by atomic mass is 10.1. The molecular weight excluding hydrogens is 1050 g/mol. The Hall–Kier alpha value is -5.61. The van der Waals surface area contributed by atoms with Crippen LogP contribution in [0.4, 0.5) is 0 Å². The van der Waals surface area contributed by atoms with Crippen LogP contribution in [-0.2, 0) is 33.3 Å². The second-order valence-corrected chi connectivity index (χ2v) is 22.3. The number of quaternary nitrogens is 1. The van der Waals surface area contributed by atoms with Gasteiger partial charge in [-0.15, -0.1) is 0 Å². The van der Waals surface area contributed by atoms with Crippen molar-refractivity contribution in [2.24, 2.45) is 0 Å². The van der Waals surface area contributed by atoms with Gasteiger partial charge in [-0.25, -0.2) is 0 Å². The van der Waals surface area contributed by atoms with Crippen LogP contribution in [0.5, 0.6) is 0 Å². The molecule has 0 heterocycles. The zero-order valence-corrected chi connectivity index (χ0v) is 54.1. The van der Waals surface area contributed by atoms with Crippen LogP contribution >= 0.6 is 0 Å². The number of unbranched alkanes of at least 4 members (excludes halogenated alkanes) is 13. The lowest BCUT2D eigenvalue weighted by molar-refractivity contribution is -0.870. The van der Waals surface area contributed by atoms with E-state index in [0.29, 0.717) is 23.9 Å². The highest BCUT2D eigenvalue weighted by molar-refractivity contribution is 5.70. The number of likely N-dealkylation sites (N-methyl/N-ethyl adjacent to an activating group) is 1. The summed E-state index contributed by atoms with van der Waals surface area (Å²) >= 11 is 0. The molecule has 0 radical (unpaired) electrons. The highest BCUT2D eigenvalue weighted by Crippen LogP contribution is 2.14. The minimum absolute atomic E-state index is 0.131. The molecule has 0 bridgehead atoms. The predicted molar refractivity (Wildman–Crippen MR) is 361 cm³/mol. The molecule has 0 aromatic heterocycles. The number of allylic oxidation sites excluding steroid dienone is 30.